The van der Waals surface area contributed by atoms with Crippen molar-refractivity contribution in [1.29, 1.82) is 0 Å². The van der Waals surface area contributed by atoms with Crippen molar-refractivity contribution in [2.45, 2.75) is 46.1 Å². The van der Waals surface area contributed by atoms with Gasteiger partial charge < -0.3 is 20.5 Å². The van der Waals surface area contributed by atoms with Gasteiger partial charge in [0.05, 0.1) is 0 Å². The molecule has 1 amide bonds. The van der Waals surface area contributed by atoms with Crippen LogP contribution in [-0.4, -0.2) is 45.5 Å². The zero-order valence-electron chi connectivity index (χ0n) is 17.3. The molecular weight excluding hydrogens is 388 g/mol. The lowest BCUT2D eigenvalue weighted by Crippen LogP contribution is -2.42. The normalized spacial score (nSPS) is 11.4. The quantitative estimate of drug-likeness (QED) is 0.306. The van der Waals surface area contributed by atoms with Gasteiger partial charge in [-0.3, -0.25) is 9.59 Å². The molecule has 160 valence electrons. The number of esters is 1. The van der Waals surface area contributed by atoms with E-state index in [2.05, 4.69) is 20.6 Å². The van der Waals surface area contributed by atoms with E-state index in [0.29, 0.717) is 30.2 Å². The van der Waals surface area contributed by atoms with E-state index < -0.39 is 18.0 Å². The summed E-state index contributed by atoms with van der Waals surface area (Å²) in [6.45, 7) is 5.55. The molecule has 0 radical (unpaired) electrons. The highest BCUT2D eigenvalue weighted by Gasteiger charge is 2.20. The number of benzene rings is 1. The lowest BCUT2D eigenvalue weighted by atomic mass is 10.1. The molecular formula is C21H26N4O5. The zero-order valence-corrected chi connectivity index (χ0v) is 17.3. The number of anilines is 1. The molecule has 0 aliphatic heterocycles. The van der Waals surface area contributed by atoms with Crippen LogP contribution in [0.5, 0.6) is 5.75 Å². The Balaban J connectivity index is 1.80. The molecule has 1 heterocycles. The number of carbonyl (C=O) groups is 3. The maximum absolute atomic E-state index is 12.2. The minimum atomic E-state index is -1.12. The molecule has 0 fully saturated rings. The Hall–Kier alpha value is -3.49. The molecule has 1 unspecified atom stereocenters. The van der Waals surface area contributed by atoms with Gasteiger partial charge in [-0.25, -0.2) is 14.8 Å². The molecule has 0 saturated heterocycles. The van der Waals surface area contributed by atoms with Gasteiger partial charge in [0.15, 0.2) is 0 Å². The zero-order chi connectivity index (χ0) is 22.1. The molecule has 1 atom stereocenters. The first-order valence-electron chi connectivity index (χ1n) is 9.58. The molecule has 0 bridgehead atoms. The lowest BCUT2D eigenvalue weighted by molar-refractivity contribution is -0.141. The van der Waals surface area contributed by atoms with Gasteiger partial charge in [-0.15, -0.1) is 0 Å². The molecule has 2 aromatic rings. The van der Waals surface area contributed by atoms with E-state index in [1.54, 1.807) is 24.3 Å². The predicted molar refractivity (Wildman–Crippen MR) is 110 cm³/mol. The SMILES string of the molecule is CC(=O)Oc1ccc(CC(NC(=O)CCCNc2nc(C)cc(C)n2)C(=O)O)cc1. The van der Waals surface area contributed by atoms with E-state index in [1.165, 1.54) is 6.92 Å². The smallest absolute Gasteiger partial charge is 0.326 e. The molecule has 3 N–H and O–H groups in total. The first-order valence-corrected chi connectivity index (χ1v) is 9.58. The van der Waals surface area contributed by atoms with Crippen molar-refractivity contribution in [1.82, 2.24) is 15.3 Å². The second-order valence-corrected chi connectivity index (χ2v) is 6.90. The number of nitrogens with zero attached hydrogens (tertiary/aromatic N) is 2. The number of hydrogen-bond donors (Lipinski definition) is 3. The molecule has 9 nitrogen and oxygen atoms in total. The third-order valence-corrected chi connectivity index (χ3v) is 4.10. The summed E-state index contributed by atoms with van der Waals surface area (Å²) in [5.41, 5.74) is 2.41. The number of nitrogens with one attached hydrogen (secondary N) is 2. The van der Waals surface area contributed by atoms with Gasteiger partial charge >= 0.3 is 11.9 Å². The van der Waals surface area contributed by atoms with Gasteiger partial charge in [-0.2, -0.15) is 0 Å². The largest absolute Gasteiger partial charge is 0.480 e. The molecule has 2 rings (SSSR count). The molecule has 0 aliphatic rings. The Bertz CT molecular complexity index is 879. The monoisotopic (exact) mass is 414 g/mol. The van der Waals surface area contributed by atoms with Crippen molar-refractivity contribution in [3.63, 3.8) is 0 Å². The number of hydrogen-bond acceptors (Lipinski definition) is 7. The Morgan fingerprint density at radius 2 is 1.73 bits per heavy atom. The summed E-state index contributed by atoms with van der Waals surface area (Å²) in [5.74, 6) is -1.01. The van der Waals surface area contributed by atoms with Crippen molar-refractivity contribution in [2.75, 3.05) is 11.9 Å². The van der Waals surface area contributed by atoms with Crippen molar-refractivity contribution in [3.05, 3.63) is 47.3 Å². The molecule has 30 heavy (non-hydrogen) atoms. The van der Waals surface area contributed by atoms with Gasteiger partial charge in [0.25, 0.3) is 0 Å². The number of ether oxygens (including phenoxy) is 1. The average Bonchev–Trinajstić information content (AvgIpc) is 2.65. The Labute approximate surface area is 174 Å². The summed E-state index contributed by atoms with van der Waals surface area (Å²) in [6, 6.07) is 7.31. The summed E-state index contributed by atoms with van der Waals surface area (Å²) in [6.07, 6.45) is 0.800. The summed E-state index contributed by atoms with van der Waals surface area (Å²) in [4.78, 5) is 43.1. The third-order valence-electron chi connectivity index (χ3n) is 4.10. The van der Waals surface area contributed by atoms with E-state index >= 15 is 0 Å². The minimum Gasteiger partial charge on any atom is -0.480 e. The number of rotatable bonds is 10. The fourth-order valence-corrected chi connectivity index (χ4v) is 2.82. The van der Waals surface area contributed by atoms with E-state index in [9.17, 15) is 19.5 Å². The maximum Gasteiger partial charge on any atom is 0.326 e. The molecule has 0 spiro atoms. The molecule has 1 aromatic carbocycles. The first kappa shape index (κ1) is 22.8. The fraction of sp³-hybridized carbons (Fsp3) is 0.381. The van der Waals surface area contributed by atoms with Gasteiger partial charge in [-0.05, 0) is 44.0 Å². The molecule has 0 aliphatic carbocycles. The first-order chi connectivity index (χ1) is 14.2. The van der Waals surface area contributed by atoms with Crippen LogP contribution in [0.25, 0.3) is 0 Å². The summed E-state index contributed by atoms with van der Waals surface area (Å²) >= 11 is 0. The number of aromatic nitrogens is 2. The number of carbonyl (C=O) groups excluding carboxylic acids is 2. The van der Waals surface area contributed by atoms with E-state index in [-0.39, 0.29) is 18.7 Å². The van der Waals surface area contributed by atoms with E-state index in [0.717, 1.165) is 11.4 Å². The fourth-order valence-electron chi connectivity index (χ4n) is 2.82. The lowest BCUT2D eigenvalue weighted by Gasteiger charge is -2.15. The number of amides is 1. The van der Waals surface area contributed by atoms with Crippen LogP contribution in [-0.2, 0) is 20.8 Å². The van der Waals surface area contributed by atoms with Crippen LogP contribution >= 0.6 is 0 Å². The van der Waals surface area contributed by atoms with E-state index in [4.69, 9.17) is 4.74 Å². The number of aliphatic carboxylic acids is 1. The summed E-state index contributed by atoms with van der Waals surface area (Å²) in [5, 5.41) is 15.0. The van der Waals surface area contributed by atoms with E-state index in [1.807, 2.05) is 19.9 Å². The molecule has 9 heteroatoms. The van der Waals surface area contributed by atoms with Gasteiger partial charge in [0, 0.05) is 37.7 Å². The topological polar surface area (TPSA) is 131 Å². The van der Waals surface area contributed by atoms with Gasteiger partial charge in [-0.1, -0.05) is 12.1 Å². The van der Waals surface area contributed by atoms with Crippen molar-refractivity contribution < 1.29 is 24.2 Å². The van der Waals surface area contributed by atoms with Crippen LogP contribution in [0.1, 0.15) is 36.7 Å². The van der Waals surface area contributed by atoms with Crippen LogP contribution in [0, 0.1) is 13.8 Å². The van der Waals surface area contributed by atoms with Crippen molar-refractivity contribution >= 4 is 23.8 Å². The third kappa shape index (κ3) is 7.86. The summed E-state index contributed by atoms with van der Waals surface area (Å²) < 4.78 is 4.95. The standard InChI is InChI=1S/C21H26N4O5/c1-13-11-14(2)24-21(23-13)22-10-4-5-19(27)25-18(20(28)29)12-16-6-8-17(9-7-16)30-15(3)26/h6-9,11,18H,4-5,10,12H2,1-3H3,(H,25,27)(H,28,29)(H,22,23,24). The van der Waals surface area contributed by atoms with Crippen LogP contribution < -0.4 is 15.4 Å². The van der Waals surface area contributed by atoms with Gasteiger partial charge in [0.1, 0.15) is 11.8 Å². The highest BCUT2D eigenvalue weighted by atomic mass is 16.5. The number of carboxylic acids is 1. The van der Waals surface area contributed by atoms with Crippen LogP contribution in [0.2, 0.25) is 0 Å². The number of aryl methyl sites for hydroxylation is 2. The van der Waals surface area contributed by atoms with Crippen LogP contribution in [0.3, 0.4) is 0 Å². The molecule has 1 aromatic heterocycles. The second kappa shape index (κ2) is 10.9. The summed E-state index contributed by atoms with van der Waals surface area (Å²) in [7, 11) is 0. The Kier molecular flexibility index (Phi) is 8.28. The Morgan fingerprint density at radius 1 is 1.10 bits per heavy atom. The van der Waals surface area contributed by atoms with Crippen molar-refractivity contribution in [3.8, 4) is 5.75 Å². The highest BCUT2D eigenvalue weighted by molar-refractivity contribution is 5.83. The van der Waals surface area contributed by atoms with Gasteiger partial charge in [0.2, 0.25) is 11.9 Å². The Morgan fingerprint density at radius 3 is 2.30 bits per heavy atom. The molecule has 0 saturated carbocycles. The van der Waals surface area contributed by atoms with Crippen LogP contribution in [0.15, 0.2) is 30.3 Å². The average molecular weight is 414 g/mol. The number of carboxylic acid groups (broad SMARTS) is 1. The highest BCUT2D eigenvalue weighted by Crippen LogP contribution is 2.14. The second-order valence-electron chi connectivity index (χ2n) is 6.90. The predicted octanol–water partition coefficient (Wildman–Crippen LogP) is 2.02. The minimum absolute atomic E-state index is 0.121. The van der Waals surface area contributed by atoms with Crippen LogP contribution in [0.4, 0.5) is 5.95 Å². The van der Waals surface area contributed by atoms with Crippen molar-refractivity contribution in [2.24, 2.45) is 0 Å². The maximum atomic E-state index is 12.2.